The van der Waals surface area contributed by atoms with Gasteiger partial charge >= 0.3 is 0 Å². The van der Waals surface area contributed by atoms with E-state index in [0.717, 1.165) is 35.6 Å². The molecule has 1 aliphatic carbocycles. The number of hydrogen-bond acceptors (Lipinski definition) is 2. The SMILES string of the molecule is C1=Cc2c(sc3c(-c4ccc(N(c5ccccc5)c5ccc6c7ccccc7n(-c7ccc(-c8ccccc8)cc7)c6c5)cc4)cccc23)CC1. The Labute approximate surface area is 301 Å². The maximum absolute atomic E-state index is 2.41. The monoisotopic (exact) mass is 670 g/mol. The fourth-order valence-electron chi connectivity index (χ4n) is 7.82. The Bertz CT molecular complexity index is 2720. The molecule has 0 fully saturated rings. The van der Waals surface area contributed by atoms with E-state index in [9.17, 15) is 0 Å². The van der Waals surface area contributed by atoms with E-state index in [4.69, 9.17) is 0 Å². The van der Waals surface area contributed by atoms with Gasteiger partial charge in [0.2, 0.25) is 0 Å². The van der Waals surface area contributed by atoms with Crippen molar-refractivity contribution in [3.8, 4) is 27.9 Å². The van der Waals surface area contributed by atoms with Gasteiger partial charge in [-0.15, -0.1) is 11.3 Å². The molecule has 0 spiro atoms. The van der Waals surface area contributed by atoms with Gasteiger partial charge in [0, 0.05) is 48.5 Å². The van der Waals surface area contributed by atoms with Crippen molar-refractivity contribution < 1.29 is 0 Å². The van der Waals surface area contributed by atoms with E-state index in [-0.39, 0.29) is 0 Å². The molecule has 0 unspecified atom stereocenters. The molecular weight excluding hydrogens is 637 g/mol. The van der Waals surface area contributed by atoms with Crippen LogP contribution in [0.2, 0.25) is 0 Å². The Balaban J connectivity index is 1.10. The predicted molar refractivity (Wildman–Crippen MR) is 219 cm³/mol. The van der Waals surface area contributed by atoms with E-state index in [1.54, 1.807) is 0 Å². The molecule has 0 saturated carbocycles. The van der Waals surface area contributed by atoms with Gasteiger partial charge in [0.05, 0.1) is 11.0 Å². The highest BCUT2D eigenvalue weighted by Crippen LogP contribution is 2.43. The average molecular weight is 671 g/mol. The highest BCUT2D eigenvalue weighted by atomic mass is 32.1. The van der Waals surface area contributed by atoms with Crippen LogP contribution in [-0.4, -0.2) is 4.57 Å². The maximum atomic E-state index is 2.41. The van der Waals surface area contributed by atoms with Crippen LogP contribution in [0.3, 0.4) is 0 Å². The largest absolute Gasteiger partial charge is 0.310 e. The summed E-state index contributed by atoms with van der Waals surface area (Å²) in [5, 5.41) is 3.87. The molecule has 3 heteroatoms. The second-order valence-corrected chi connectivity index (χ2v) is 14.4. The number of nitrogens with zero attached hydrogens (tertiary/aromatic N) is 2. The normalized spacial score (nSPS) is 12.5. The maximum Gasteiger partial charge on any atom is 0.0561 e. The van der Waals surface area contributed by atoms with E-state index >= 15 is 0 Å². The Morgan fingerprint density at radius 2 is 1.14 bits per heavy atom. The first-order valence-electron chi connectivity index (χ1n) is 17.7. The van der Waals surface area contributed by atoms with Crippen molar-refractivity contribution in [1.82, 2.24) is 4.57 Å². The highest BCUT2D eigenvalue weighted by molar-refractivity contribution is 7.20. The van der Waals surface area contributed by atoms with Crippen molar-refractivity contribution >= 4 is 66.4 Å². The molecule has 0 radical (unpaired) electrons. The molecule has 0 saturated heterocycles. The van der Waals surface area contributed by atoms with Crippen molar-refractivity contribution in [3.05, 3.63) is 186 Å². The van der Waals surface area contributed by atoms with Gasteiger partial charge in [-0.2, -0.15) is 0 Å². The number of aromatic nitrogens is 1. The number of thiophene rings is 1. The van der Waals surface area contributed by atoms with Crippen LogP contribution >= 0.6 is 11.3 Å². The fourth-order valence-corrected chi connectivity index (χ4v) is 9.16. The summed E-state index contributed by atoms with van der Waals surface area (Å²) in [6.45, 7) is 0. The summed E-state index contributed by atoms with van der Waals surface area (Å²) < 4.78 is 3.79. The molecule has 0 atom stereocenters. The van der Waals surface area contributed by atoms with Crippen molar-refractivity contribution in [1.29, 1.82) is 0 Å². The first-order valence-corrected chi connectivity index (χ1v) is 18.5. The molecule has 242 valence electrons. The number of allylic oxidation sites excluding steroid dienone is 1. The zero-order chi connectivity index (χ0) is 33.7. The quantitative estimate of drug-likeness (QED) is 0.171. The second-order valence-electron chi connectivity index (χ2n) is 13.2. The Hall–Kier alpha value is -6.16. The third kappa shape index (κ3) is 5.09. The molecule has 2 heterocycles. The molecule has 10 rings (SSSR count). The predicted octanol–water partition coefficient (Wildman–Crippen LogP) is 13.8. The minimum atomic E-state index is 1.12. The summed E-state index contributed by atoms with van der Waals surface area (Å²) in [7, 11) is 0. The van der Waals surface area contributed by atoms with E-state index in [1.807, 2.05) is 11.3 Å². The molecule has 0 bridgehead atoms. The second kappa shape index (κ2) is 12.3. The molecule has 0 amide bonds. The minimum absolute atomic E-state index is 1.12. The van der Waals surface area contributed by atoms with Crippen LogP contribution in [0.4, 0.5) is 17.1 Å². The number of para-hydroxylation sites is 2. The van der Waals surface area contributed by atoms with Crippen molar-refractivity contribution in [2.24, 2.45) is 0 Å². The number of rotatable bonds is 6. The number of aryl methyl sites for hydroxylation is 1. The topological polar surface area (TPSA) is 8.17 Å². The van der Waals surface area contributed by atoms with Crippen LogP contribution < -0.4 is 4.90 Å². The Morgan fingerprint density at radius 3 is 1.96 bits per heavy atom. The number of anilines is 3. The van der Waals surface area contributed by atoms with Crippen molar-refractivity contribution in [2.45, 2.75) is 12.8 Å². The third-order valence-corrected chi connectivity index (χ3v) is 11.6. The summed E-state index contributed by atoms with van der Waals surface area (Å²) in [5.41, 5.74) is 13.3. The van der Waals surface area contributed by atoms with Gasteiger partial charge in [0.1, 0.15) is 0 Å². The number of hydrogen-bond donors (Lipinski definition) is 0. The Morgan fingerprint density at radius 1 is 0.490 bits per heavy atom. The van der Waals surface area contributed by atoms with Crippen LogP contribution in [0.5, 0.6) is 0 Å². The van der Waals surface area contributed by atoms with E-state index in [1.165, 1.54) is 64.6 Å². The molecule has 51 heavy (non-hydrogen) atoms. The van der Waals surface area contributed by atoms with Gasteiger partial charge in [-0.1, -0.05) is 127 Å². The van der Waals surface area contributed by atoms with Crippen LogP contribution in [0.1, 0.15) is 16.9 Å². The number of benzene rings is 7. The Kier molecular flexibility index (Phi) is 7.18. The minimum Gasteiger partial charge on any atom is -0.310 e. The van der Waals surface area contributed by atoms with Gasteiger partial charge in [-0.05, 0) is 95.3 Å². The van der Waals surface area contributed by atoms with Gasteiger partial charge in [-0.3, -0.25) is 0 Å². The van der Waals surface area contributed by atoms with E-state index < -0.39 is 0 Å². The number of fused-ring (bicyclic) bond motifs is 6. The summed E-state index contributed by atoms with van der Waals surface area (Å²) in [6.07, 6.45) is 6.90. The summed E-state index contributed by atoms with van der Waals surface area (Å²) in [4.78, 5) is 3.88. The van der Waals surface area contributed by atoms with Crippen LogP contribution in [0, 0.1) is 0 Å². The molecular formula is C48H34N2S. The molecule has 2 aromatic heterocycles. The third-order valence-electron chi connectivity index (χ3n) is 10.3. The highest BCUT2D eigenvalue weighted by Gasteiger charge is 2.19. The lowest BCUT2D eigenvalue weighted by molar-refractivity contribution is 1.02. The zero-order valence-electron chi connectivity index (χ0n) is 28.0. The van der Waals surface area contributed by atoms with Gasteiger partial charge in [0.25, 0.3) is 0 Å². The smallest absolute Gasteiger partial charge is 0.0561 e. The van der Waals surface area contributed by atoms with Crippen LogP contribution in [0.25, 0.3) is 65.9 Å². The molecule has 0 aliphatic heterocycles. The average Bonchev–Trinajstić information content (AvgIpc) is 3.75. The van der Waals surface area contributed by atoms with Crippen LogP contribution in [-0.2, 0) is 6.42 Å². The lowest BCUT2D eigenvalue weighted by Gasteiger charge is -2.26. The molecule has 0 N–H and O–H groups in total. The van der Waals surface area contributed by atoms with E-state index in [2.05, 4.69) is 191 Å². The van der Waals surface area contributed by atoms with Crippen molar-refractivity contribution in [3.63, 3.8) is 0 Å². The standard InChI is InChI=1S/C48H34N2S/c1-3-12-33(13-4-1)34-22-26-38(27-23-34)50-45-20-9-7-16-41(45)42-31-30-39(32-46(42)50)49(36-14-5-2-6-15-36)37-28-24-35(25-29-37)40-18-11-19-44-43-17-8-10-21-47(43)51-48(40)44/h1-9,11-20,22-32H,10,21H2. The molecule has 9 aromatic rings. The van der Waals surface area contributed by atoms with Crippen LogP contribution in [0.15, 0.2) is 176 Å². The van der Waals surface area contributed by atoms with Gasteiger partial charge in [0.15, 0.2) is 0 Å². The summed E-state index contributed by atoms with van der Waals surface area (Å²) in [5.74, 6) is 0. The lowest BCUT2D eigenvalue weighted by Crippen LogP contribution is -2.10. The van der Waals surface area contributed by atoms with Gasteiger partial charge in [-0.25, -0.2) is 0 Å². The molecule has 7 aromatic carbocycles. The zero-order valence-corrected chi connectivity index (χ0v) is 28.9. The molecule has 2 nitrogen and oxygen atoms in total. The summed E-state index contributed by atoms with van der Waals surface area (Å²) >= 11 is 1.96. The lowest BCUT2D eigenvalue weighted by atomic mass is 9.99. The van der Waals surface area contributed by atoms with Crippen molar-refractivity contribution in [2.75, 3.05) is 4.90 Å². The first kappa shape index (κ1) is 29.7. The molecule has 1 aliphatic rings. The first-order chi connectivity index (χ1) is 25.3. The summed E-state index contributed by atoms with van der Waals surface area (Å²) in [6, 6.07) is 61.8. The van der Waals surface area contributed by atoms with E-state index in [0.29, 0.717) is 0 Å². The fraction of sp³-hybridized carbons (Fsp3) is 0.0417. The van der Waals surface area contributed by atoms with Gasteiger partial charge < -0.3 is 9.47 Å².